The number of amides is 3. The molecule has 2 fully saturated rings. The molecule has 1 aromatic rings. The molecule has 3 amide bonds. The van der Waals surface area contributed by atoms with Gasteiger partial charge in [0.1, 0.15) is 0 Å². The predicted octanol–water partition coefficient (Wildman–Crippen LogP) is 0.753. The Morgan fingerprint density at radius 2 is 1.83 bits per heavy atom. The molecule has 0 aromatic heterocycles. The number of sulfonamides is 1. The molecule has 2 aliphatic rings. The molecule has 2 atom stereocenters. The van der Waals surface area contributed by atoms with Crippen LogP contribution in [-0.2, 0) is 21.2 Å². The number of carbonyl (C=O) groups is 2. The highest BCUT2D eigenvalue weighted by atomic mass is 32.2. The summed E-state index contributed by atoms with van der Waals surface area (Å²) in [7, 11) is -0.270. The quantitative estimate of drug-likeness (QED) is 0.758. The second kappa shape index (κ2) is 9.13. The molecule has 8 nitrogen and oxygen atoms in total. The lowest BCUT2D eigenvalue weighted by Crippen LogP contribution is -2.42. The smallest absolute Gasteiger partial charge is 0.317 e. The average Bonchev–Trinajstić information content (AvgIpc) is 2.83. The third-order valence-electron chi connectivity index (χ3n) is 5.79. The molecule has 160 valence electrons. The van der Waals surface area contributed by atoms with Gasteiger partial charge in [0.15, 0.2) is 0 Å². The van der Waals surface area contributed by atoms with Crippen LogP contribution in [0.3, 0.4) is 0 Å². The lowest BCUT2D eigenvalue weighted by molar-refractivity contribution is -0.128. The van der Waals surface area contributed by atoms with Gasteiger partial charge < -0.3 is 15.1 Å². The van der Waals surface area contributed by atoms with E-state index in [1.807, 2.05) is 30.3 Å². The molecule has 0 aliphatic carbocycles. The molecule has 9 heteroatoms. The van der Waals surface area contributed by atoms with Crippen LogP contribution < -0.4 is 5.32 Å². The van der Waals surface area contributed by atoms with E-state index in [9.17, 15) is 18.0 Å². The fraction of sp³-hybridized carbons (Fsp3) is 0.600. The van der Waals surface area contributed by atoms with E-state index in [0.29, 0.717) is 39.0 Å². The number of likely N-dealkylation sites (N-methyl/N-ethyl adjacent to an activating group) is 1. The maximum absolute atomic E-state index is 12.9. The van der Waals surface area contributed by atoms with Crippen molar-refractivity contribution >= 4 is 22.0 Å². The summed E-state index contributed by atoms with van der Waals surface area (Å²) >= 11 is 0. The molecule has 2 heterocycles. The van der Waals surface area contributed by atoms with Crippen molar-refractivity contribution in [2.45, 2.75) is 24.5 Å². The number of carbonyl (C=O) groups excluding carboxylic acids is 2. The van der Waals surface area contributed by atoms with Crippen molar-refractivity contribution in [3.05, 3.63) is 35.9 Å². The van der Waals surface area contributed by atoms with E-state index >= 15 is 0 Å². The van der Waals surface area contributed by atoms with Gasteiger partial charge in [-0.1, -0.05) is 30.3 Å². The molecule has 1 aromatic carbocycles. The third-order valence-corrected chi connectivity index (χ3v) is 8.17. The van der Waals surface area contributed by atoms with Crippen LogP contribution in [0.5, 0.6) is 0 Å². The first-order chi connectivity index (χ1) is 13.8. The number of urea groups is 1. The zero-order chi connectivity index (χ0) is 21.0. The number of benzene rings is 1. The van der Waals surface area contributed by atoms with Crippen molar-refractivity contribution in [1.82, 2.24) is 19.4 Å². The predicted molar refractivity (Wildman–Crippen MR) is 111 cm³/mol. The van der Waals surface area contributed by atoms with Crippen molar-refractivity contribution in [3.63, 3.8) is 0 Å². The second-order valence-corrected chi connectivity index (χ2v) is 10.1. The summed E-state index contributed by atoms with van der Waals surface area (Å²) in [6.07, 6.45) is 1.79. The standard InChI is InChI=1S/C20H30N4O4S/c1-22(2)19(25)15-24-14-17-9-12-23(13-10-18(17)29(24,27)28)20(26)21-11-8-16-6-4-3-5-7-16/h3-7,17-18H,8-15H2,1-2H3,(H,21,26)/t17-,18-/m1/s1. The maximum atomic E-state index is 12.9. The Bertz CT molecular complexity index is 828. The summed E-state index contributed by atoms with van der Waals surface area (Å²) in [6, 6.07) is 9.81. The number of nitrogens with zero attached hydrogens (tertiary/aromatic N) is 3. The van der Waals surface area contributed by atoms with Gasteiger partial charge in [-0.05, 0) is 30.7 Å². The Hall–Kier alpha value is -2.13. The summed E-state index contributed by atoms with van der Waals surface area (Å²) in [4.78, 5) is 27.6. The SMILES string of the molecule is CN(C)C(=O)CN1C[C@H]2CCN(C(=O)NCCc3ccccc3)CC[C@H]2S1(=O)=O. The van der Waals surface area contributed by atoms with E-state index in [1.165, 1.54) is 9.21 Å². The monoisotopic (exact) mass is 422 g/mol. The molecule has 0 saturated carbocycles. The van der Waals surface area contributed by atoms with Crippen LogP contribution >= 0.6 is 0 Å². The van der Waals surface area contributed by atoms with Crippen molar-refractivity contribution in [2.24, 2.45) is 5.92 Å². The zero-order valence-electron chi connectivity index (χ0n) is 17.1. The average molecular weight is 423 g/mol. The van der Waals surface area contributed by atoms with Gasteiger partial charge in [-0.3, -0.25) is 4.79 Å². The van der Waals surface area contributed by atoms with Gasteiger partial charge in [-0.15, -0.1) is 0 Å². The highest BCUT2D eigenvalue weighted by Crippen LogP contribution is 2.34. The molecular formula is C20H30N4O4S. The van der Waals surface area contributed by atoms with Crippen molar-refractivity contribution in [2.75, 3.05) is 46.8 Å². The lowest BCUT2D eigenvalue weighted by Gasteiger charge is -2.23. The number of hydrogen-bond donors (Lipinski definition) is 1. The lowest BCUT2D eigenvalue weighted by atomic mass is 10.0. The van der Waals surface area contributed by atoms with Crippen LogP contribution in [0.25, 0.3) is 0 Å². The highest BCUT2D eigenvalue weighted by Gasteiger charge is 2.47. The number of hydrogen-bond acceptors (Lipinski definition) is 4. The Kier molecular flexibility index (Phi) is 6.79. The number of fused-ring (bicyclic) bond motifs is 1. The number of nitrogens with one attached hydrogen (secondary N) is 1. The van der Waals surface area contributed by atoms with Gasteiger partial charge in [0, 0.05) is 40.3 Å². The van der Waals surface area contributed by atoms with Crippen molar-refractivity contribution in [1.29, 1.82) is 0 Å². The van der Waals surface area contributed by atoms with Gasteiger partial charge in [0.05, 0.1) is 11.8 Å². The molecule has 1 N–H and O–H groups in total. The van der Waals surface area contributed by atoms with E-state index < -0.39 is 15.3 Å². The Balaban J connectivity index is 1.52. The molecule has 29 heavy (non-hydrogen) atoms. The van der Waals surface area contributed by atoms with Crippen LogP contribution in [0.1, 0.15) is 18.4 Å². The summed E-state index contributed by atoms with van der Waals surface area (Å²) < 4.78 is 27.1. The molecule has 0 spiro atoms. The molecule has 0 bridgehead atoms. The first-order valence-corrected chi connectivity index (χ1v) is 11.5. The molecule has 2 aliphatic heterocycles. The minimum atomic E-state index is -3.51. The second-order valence-electron chi connectivity index (χ2n) is 7.96. The van der Waals surface area contributed by atoms with E-state index in [-0.39, 0.29) is 24.4 Å². The fourth-order valence-corrected chi connectivity index (χ4v) is 6.20. The van der Waals surface area contributed by atoms with Crippen LogP contribution in [0.15, 0.2) is 30.3 Å². The minimum absolute atomic E-state index is 0.0444. The van der Waals surface area contributed by atoms with E-state index in [1.54, 1.807) is 19.0 Å². The molecular weight excluding hydrogens is 392 g/mol. The van der Waals surface area contributed by atoms with Gasteiger partial charge in [0.2, 0.25) is 15.9 Å². The Labute approximate surface area is 172 Å². The Morgan fingerprint density at radius 1 is 1.14 bits per heavy atom. The minimum Gasteiger partial charge on any atom is -0.348 e. The molecule has 0 radical (unpaired) electrons. The topological polar surface area (TPSA) is 90.0 Å². The van der Waals surface area contributed by atoms with Gasteiger partial charge in [-0.25, -0.2) is 13.2 Å². The van der Waals surface area contributed by atoms with Crippen LogP contribution in [0.2, 0.25) is 0 Å². The van der Waals surface area contributed by atoms with E-state index in [2.05, 4.69) is 5.32 Å². The van der Waals surface area contributed by atoms with Crippen molar-refractivity contribution < 1.29 is 18.0 Å². The maximum Gasteiger partial charge on any atom is 0.317 e. The van der Waals surface area contributed by atoms with Gasteiger partial charge >= 0.3 is 6.03 Å². The van der Waals surface area contributed by atoms with Crippen LogP contribution in [0.4, 0.5) is 4.79 Å². The number of rotatable bonds is 5. The number of likely N-dealkylation sites (tertiary alicyclic amines) is 1. The first-order valence-electron chi connectivity index (χ1n) is 10.0. The zero-order valence-corrected chi connectivity index (χ0v) is 17.9. The largest absolute Gasteiger partial charge is 0.348 e. The van der Waals surface area contributed by atoms with E-state index in [0.717, 1.165) is 12.0 Å². The normalized spacial score (nSPS) is 23.9. The van der Waals surface area contributed by atoms with Crippen molar-refractivity contribution in [3.8, 4) is 0 Å². The Morgan fingerprint density at radius 3 is 2.52 bits per heavy atom. The molecule has 2 saturated heterocycles. The van der Waals surface area contributed by atoms with Gasteiger partial charge in [0.25, 0.3) is 0 Å². The summed E-state index contributed by atoms with van der Waals surface area (Å²) in [5, 5.41) is 2.43. The summed E-state index contributed by atoms with van der Waals surface area (Å²) in [5.41, 5.74) is 1.16. The van der Waals surface area contributed by atoms with Crippen LogP contribution in [-0.4, -0.2) is 86.5 Å². The van der Waals surface area contributed by atoms with Crippen LogP contribution in [0, 0.1) is 5.92 Å². The fourth-order valence-electron chi connectivity index (χ4n) is 4.02. The van der Waals surface area contributed by atoms with Gasteiger partial charge in [-0.2, -0.15) is 4.31 Å². The molecule has 0 unspecified atom stereocenters. The molecule has 3 rings (SSSR count). The summed E-state index contributed by atoms with van der Waals surface area (Å²) in [6.45, 7) is 1.74. The highest BCUT2D eigenvalue weighted by molar-refractivity contribution is 7.90. The third kappa shape index (κ3) is 5.08. The van der Waals surface area contributed by atoms with E-state index in [4.69, 9.17) is 0 Å². The first kappa shape index (κ1) is 21.6. The summed E-state index contributed by atoms with van der Waals surface area (Å²) in [5.74, 6) is -0.262.